The van der Waals surface area contributed by atoms with Crippen molar-refractivity contribution in [2.75, 3.05) is 25.5 Å². The van der Waals surface area contributed by atoms with Crippen LogP contribution in [-0.2, 0) is 15.0 Å². The predicted octanol–water partition coefficient (Wildman–Crippen LogP) is 4.25. The van der Waals surface area contributed by atoms with Crippen LogP contribution in [0.4, 0.5) is 5.69 Å². The van der Waals surface area contributed by atoms with Gasteiger partial charge in [-0.1, -0.05) is 45.0 Å². The summed E-state index contributed by atoms with van der Waals surface area (Å²) in [5.74, 6) is 0.651. The molecular formula is C24H32N2O4. The van der Waals surface area contributed by atoms with Crippen molar-refractivity contribution < 1.29 is 19.1 Å². The van der Waals surface area contributed by atoms with Gasteiger partial charge >= 0.3 is 0 Å². The van der Waals surface area contributed by atoms with E-state index in [2.05, 4.69) is 26.1 Å². The van der Waals surface area contributed by atoms with Crippen LogP contribution in [0.3, 0.4) is 0 Å². The highest BCUT2D eigenvalue weighted by Crippen LogP contribution is 2.25. The number of ether oxygens (including phenoxy) is 2. The van der Waals surface area contributed by atoms with Crippen LogP contribution >= 0.6 is 0 Å². The number of benzene rings is 2. The van der Waals surface area contributed by atoms with Crippen molar-refractivity contribution in [1.82, 2.24) is 4.90 Å². The molecule has 0 saturated carbocycles. The van der Waals surface area contributed by atoms with E-state index in [4.69, 9.17) is 9.47 Å². The average molecular weight is 413 g/mol. The van der Waals surface area contributed by atoms with E-state index >= 15 is 0 Å². The maximum atomic E-state index is 12.8. The molecule has 0 fully saturated rings. The Bertz CT molecular complexity index is 856. The van der Waals surface area contributed by atoms with E-state index in [0.717, 1.165) is 0 Å². The average Bonchev–Trinajstić information content (AvgIpc) is 2.71. The number of rotatable bonds is 8. The maximum absolute atomic E-state index is 12.8. The number of para-hydroxylation sites is 2. The number of methoxy groups -OCH3 is 1. The molecule has 30 heavy (non-hydrogen) atoms. The second kappa shape index (κ2) is 10.1. The highest BCUT2D eigenvalue weighted by molar-refractivity contribution is 5.96. The van der Waals surface area contributed by atoms with Gasteiger partial charge in [0.2, 0.25) is 5.91 Å². The third-order valence-corrected chi connectivity index (χ3v) is 4.79. The quantitative estimate of drug-likeness (QED) is 0.704. The summed E-state index contributed by atoms with van der Waals surface area (Å²) in [6.45, 7) is 10.3. The molecule has 0 aliphatic heterocycles. The highest BCUT2D eigenvalue weighted by Gasteiger charge is 2.23. The fourth-order valence-electron chi connectivity index (χ4n) is 3.00. The zero-order chi connectivity index (χ0) is 22.3. The Hall–Kier alpha value is -3.02. The third kappa shape index (κ3) is 6.24. The Balaban J connectivity index is 1.98. The first-order valence-corrected chi connectivity index (χ1v) is 10.1. The van der Waals surface area contributed by atoms with Crippen LogP contribution in [0.5, 0.6) is 11.5 Å². The van der Waals surface area contributed by atoms with Gasteiger partial charge in [-0.25, -0.2) is 0 Å². The van der Waals surface area contributed by atoms with Crippen molar-refractivity contribution in [2.24, 2.45) is 0 Å². The van der Waals surface area contributed by atoms with E-state index < -0.39 is 6.10 Å². The Kier molecular flexibility index (Phi) is 7.86. The van der Waals surface area contributed by atoms with Gasteiger partial charge in [0, 0.05) is 6.54 Å². The Morgan fingerprint density at radius 3 is 2.27 bits per heavy atom. The number of carbonyl (C=O) groups is 2. The number of hydrogen-bond donors (Lipinski definition) is 1. The van der Waals surface area contributed by atoms with E-state index in [9.17, 15) is 9.59 Å². The molecule has 0 aliphatic carbocycles. The lowest BCUT2D eigenvalue weighted by Gasteiger charge is -2.25. The molecule has 0 heterocycles. The van der Waals surface area contributed by atoms with E-state index in [-0.39, 0.29) is 23.8 Å². The summed E-state index contributed by atoms with van der Waals surface area (Å²) in [5.41, 5.74) is 1.81. The topological polar surface area (TPSA) is 67.9 Å². The van der Waals surface area contributed by atoms with E-state index in [1.54, 1.807) is 26.2 Å². The largest absolute Gasteiger partial charge is 0.495 e. The van der Waals surface area contributed by atoms with Gasteiger partial charge in [-0.15, -0.1) is 0 Å². The molecule has 1 atom stereocenters. The number of nitrogens with one attached hydrogen (secondary N) is 1. The molecule has 2 aromatic rings. The first-order chi connectivity index (χ1) is 14.2. The third-order valence-electron chi connectivity index (χ3n) is 4.79. The van der Waals surface area contributed by atoms with Gasteiger partial charge in [-0.05, 0) is 49.1 Å². The molecule has 2 amide bonds. The van der Waals surface area contributed by atoms with Gasteiger partial charge in [0.25, 0.3) is 5.91 Å². The lowest BCUT2D eigenvalue weighted by molar-refractivity contribution is -0.140. The number of carbonyl (C=O) groups excluding carboxylic acids is 2. The van der Waals surface area contributed by atoms with Gasteiger partial charge < -0.3 is 19.7 Å². The van der Waals surface area contributed by atoms with Crippen LogP contribution in [-0.4, -0.2) is 43.0 Å². The standard InChI is InChI=1S/C24H32N2O4/c1-7-26(16-22(27)25-20-10-8-9-11-21(20)29-6)23(28)17(2)30-19-14-12-18(13-15-19)24(3,4)5/h8-15,17H,7,16H2,1-6H3,(H,25,27). The molecule has 0 aromatic heterocycles. The van der Waals surface area contributed by atoms with Crippen molar-refractivity contribution in [3.05, 3.63) is 54.1 Å². The summed E-state index contributed by atoms with van der Waals surface area (Å²) >= 11 is 0. The zero-order valence-corrected chi connectivity index (χ0v) is 18.7. The second-order valence-electron chi connectivity index (χ2n) is 8.14. The molecule has 0 spiro atoms. The van der Waals surface area contributed by atoms with Crippen LogP contribution in [0.15, 0.2) is 48.5 Å². The van der Waals surface area contributed by atoms with Gasteiger partial charge in [0.15, 0.2) is 6.10 Å². The number of likely N-dealkylation sites (N-methyl/N-ethyl adjacent to an activating group) is 1. The molecule has 6 heteroatoms. The van der Waals surface area contributed by atoms with Crippen molar-refractivity contribution in [3.63, 3.8) is 0 Å². The summed E-state index contributed by atoms with van der Waals surface area (Å²) in [5, 5.41) is 2.79. The molecule has 0 bridgehead atoms. The van der Waals surface area contributed by atoms with Gasteiger partial charge in [-0.2, -0.15) is 0 Å². The molecule has 2 aromatic carbocycles. The Morgan fingerprint density at radius 1 is 1.07 bits per heavy atom. The minimum Gasteiger partial charge on any atom is -0.495 e. The van der Waals surface area contributed by atoms with Gasteiger partial charge in [0.1, 0.15) is 11.5 Å². The molecule has 1 unspecified atom stereocenters. The molecule has 0 radical (unpaired) electrons. The fourth-order valence-corrected chi connectivity index (χ4v) is 3.00. The molecule has 6 nitrogen and oxygen atoms in total. The molecule has 0 aliphatic rings. The Morgan fingerprint density at radius 2 is 1.70 bits per heavy atom. The van der Waals surface area contributed by atoms with E-state index in [1.165, 1.54) is 10.5 Å². The summed E-state index contributed by atoms with van der Waals surface area (Å²) in [4.78, 5) is 26.7. The monoisotopic (exact) mass is 412 g/mol. The minimum absolute atomic E-state index is 0.0494. The number of anilines is 1. The molecule has 2 rings (SSSR count). The fraction of sp³-hybridized carbons (Fsp3) is 0.417. The number of hydrogen-bond acceptors (Lipinski definition) is 4. The van der Waals surface area contributed by atoms with Crippen LogP contribution in [0.2, 0.25) is 0 Å². The normalized spacial score (nSPS) is 12.1. The highest BCUT2D eigenvalue weighted by atomic mass is 16.5. The second-order valence-corrected chi connectivity index (χ2v) is 8.14. The lowest BCUT2D eigenvalue weighted by atomic mass is 9.87. The summed E-state index contributed by atoms with van der Waals surface area (Å²) in [7, 11) is 1.54. The molecule has 1 N–H and O–H groups in total. The zero-order valence-electron chi connectivity index (χ0n) is 18.7. The van der Waals surface area contributed by atoms with Gasteiger partial charge in [0.05, 0.1) is 19.3 Å². The number of amides is 2. The summed E-state index contributed by atoms with van der Waals surface area (Å²) < 4.78 is 11.1. The number of nitrogens with zero attached hydrogens (tertiary/aromatic N) is 1. The van der Waals surface area contributed by atoms with Crippen molar-refractivity contribution in [3.8, 4) is 11.5 Å². The van der Waals surface area contributed by atoms with Crippen LogP contribution in [0.1, 0.15) is 40.2 Å². The lowest BCUT2D eigenvalue weighted by Crippen LogP contribution is -2.44. The molecular weight excluding hydrogens is 380 g/mol. The molecule has 0 saturated heterocycles. The smallest absolute Gasteiger partial charge is 0.263 e. The molecule has 162 valence electrons. The van der Waals surface area contributed by atoms with E-state index in [0.29, 0.717) is 23.7 Å². The predicted molar refractivity (Wildman–Crippen MR) is 119 cm³/mol. The minimum atomic E-state index is -0.704. The summed E-state index contributed by atoms with van der Waals surface area (Å²) in [6, 6.07) is 14.9. The van der Waals surface area contributed by atoms with Crippen molar-refractivity contribution in [1.29, 1.82) is 0 Å². The SMILES string of the molecule is CCN(CC(=O)Nc1ccccc1OC)C(=O)C(C)Oc1ccc(C(C)(C)C)cc1. The maximum Gasteiger partial charge on any atom is 0.263 e. The van der Waals surface area contributed by atoms with Crippen LogP contribution in [0, 0.1) is 0 Å². The van der Waals surface area contributed by atoms with Gasteiger partial charge in [-0.3, -0.25) is 9.59 Å². The van der Waals surface area contributed by atoms with Crippen LogP contribution < -0.4 is 14.8 Å². The van der Waals surface area contributed by atoms with Crippen molar-refractivity contribution >= 4 is 17.5 Å². The Labute approximate surface area is 179 Å². The van der Waals surface area contributed by atoms with E-state index in [1.807, 2.05) is 43.3 Å². The first kappa shape index (κ1) is 23.3. The first-order valence-electron chi connectivity index (χ1n) is 10.1. The summed E-state index contributed by atoms with van der Waals surface area (Å²) in [6.07, 6.45) is -0.704. The van der Waals surface area contributed by atoms with Crippen molar-refractivity contribution in [2.45, 2.75) is 46.1 Å². The van der Waals surface area contributed by atoms with Crippen LogP contribution in [0.25, 0.3) is 0 Å².